The van der Waals surface area contributed by atoms with Gasteiger partial charge < -0.3 is 4.42 Å². The Hall–Kier alpha value is -5.87. The Labute approximate surface area is 267 Å². The first-order valence-electron chi connectivity index (χ1n) is 15.6. The number of benzene rings is 6. The third-order valence-electron chi connectivity index (χ3n) is 9.33. The largest absolute Gasteiger partial charge is 0.456 e. The highest BCUT2D eigenvalue weighted by molar-refractivity contribution is 6.14. The van der Waals surface area contributed by atoms with Gasteiger partial charge in [0.25, 0.3) is 0 Å². The minimum absolute atomic E-state index is 0.0931. The number of aromatic nitrogens is 3. The van der Waals surface area contributed by atoms with Gasteiger partial charge in [0.05, 0.1) is 0 Å². The Morgan fingerprint density at radius 2 is 1.00 bits per heavy atom. The van der Waals surface area contributed by atoms with Crippen molar-refractivity contribution in [2.75, 3.05) is 0 Å². The lowest BCUT2D eigenvalue weighted by Crippen LogP contribution is -2.14. The molecule has 0 fully saturated rings. The van der Waals surface area contributed by atoms with Gasteiger partial charge in [-0.3, -0.25) is 0 Å². The number of hydrogen-bond acceptors (Lipinski definition) is 4. The molecule has 1 aliphatic carbocycles. The molecule has 9 rings (SSSR count). The number of nitrogens with zero attached hydrogens (tertiary/aromatic N) is 3. The Morgan fingerprint density at radius 1 is 0.435 bits per heavy atom. The van der Waals surface area contributed by atoms with Gasteiger partial charge in [-0.25, -0.2) is 15.0 Å². The molecular weight excluding hydrogens is 562 g/mol. The molecule has 0 unspecified atom stereocenters. The molecule has 2 aromatic heterocycles. The van der Waals surface area contributed by atoms with Gasteiger partial charge in [-0.05, 0) is 57.6 Å². The maximum Gasteiger partial charge on any atom is 0.164 e. The molecule has 0 saturated carbocycles. The SMILES string of the molecule is CC1(C)c2ccccc2-c2cc3oc4cccc(-c5cccc(-c6nc(-c7ccccc7)nc(-c7ccccc7)n6)c5)c4c3cc21. The molecule has 218 valence electrons. The number of rotatable bonds is 4. The van der Waals surface area contributed by atoms with Crippen LogP contribution in [-0.4, -0.2) is 15.0 Å². The summed E-state index contributed by atoms with van der Waals surface area (Å²) >= 11 is 0. The quantitative estimate of drug-likeness (QED) is 0.204. The first-order valence-corrected chi connectivity index (χ1v) is 15.6. The van der Waals surface area contributed by atoms with Crippen LogP contribution >= 0.6 is 0 Å². The standard InChI is InChI=1S/C42H29N3O/c1-42(2)34-21-10-9-19-31(34)32-25-37-33(24-35(32)42)38-30(20-12-22-36(38)46-37)28-17-11-18-29(23-28)41-44-39(26-13-5-3-6-14-26)43-40(45-41)27-15-7-4-8-16-27/h3-25H,1-2H3. The van der Waals surface area contributed by atoms with E-state index in [1.165, 1.54) is 22.3 Å². The van der Waals surface area contributed by atoms with Gasteiger partial charge in [0.1, 0.15) is 11.2 Å². The van der Waals surface area contributed by atoms with Gasteiger partial charge in [-0.15, -0.1) is 0 Å². The topological polar surface area (TPSA) is 51.8 Å². The van der Waals surface area contributed by atoms with Crippen molar-refractivity contribution in [2.45, 2.75) is 19.3 Å². The maximum atomic E-state index is 6.53. The zero-order chi connectivity index (χ0) is 30.8. The summed E-state index contributed by atoms with van der Waals surface area (Å²) in [6, 6.07) is 48.3. The Balaban J connectivity index is 1.22. The highest BCUT2D eigenvalue weighted by atomic mass is 16.3. The second-order valence-electron chi connectivity index (χ2n) is 12.5. The van der Waals surface area contributed by atoms with E-state index in [1.54, 1.807) is 0 Å². The van der Waals surface area contributed by atoms with Crippen LogP contribution in [0.1, 0.15) is 25.0 Å². The summed E-state index contributed by atoms with van der Waals surface area (Å²) in [4.78, 5) is 14.8. The van der Waals surface area contributed by atoms with Crippen molar-refractivity contribution in [3.05, 3.63) is 151 Å². The van der Waals surface area contributed by atoms with Gasteiger partial charge >= 0.3 is 0 Å². The molecule has 4 nitrogen and oxygen atoms in total. The van der Waals surface area contributed by atoms with Crippen LogP contribution in [0, 0.1) is 0 Å². The molecule has 0 atom stereocenters. The lowest BCUT2D eigenvalue weighted by atomic mass is 9.82. The van der Waals surface area contributed by atoms with E-state index in [0.29, 0.717) is 17.5 Å². The van der Waals surface area contributed by atoms with Crippen LogP contribution in [0.25, 0.3) is 78.4 Å². The summed E-state index contributed by atoms with van der Waals surface area (Å²) in [6.45, 7) is 4.64. The highest BCUT2D eigenvalue weighted by Crippen LogP contribution is 2.51. The van der Waals surface area contributed by atoms with E-state index in [1.807, 2.05) is 60.7 Å². The fourth-order valence-corrected chi connectivity index (χ4v) is 7.02. The van der Waals surface area contributed by atoms with E-state index < -0.39 is 0 Å². The molecule has 1 aliphatic rings. The van der Waals surface area contributed by atoms with E-state index in [4.69, 9.17) is 19.4 Å². The smallest absolute Gasteiger partial charge is 0.164 e. The first kappa shape index (κ1) is 26.5. The van der Waals surface area contributed by atoms with Gasteiger partial charge in [0.15, 0.2) is 17.5 Å². The zero-order valence-electron chi connectivity index (χ0n) is 25.5. The summed E-state index contributed by atoms with van der Waals surface area (Å²) in [5.74, 6) is 1.93. The molecule has 0 N–H and O–H groups in total. The molecule has 0 saturated heterocycles. The van der Waals surface area contributed by atoms with E-state index in [2.05, 4.69) is 92.7 Å². The lowest BCUT2D eigenvalue weighted by molar-refractivity contribution is 0.658. The predicted octanol–water partition coefficient (Wildman–Crippen LogP) is 10.7. The van der Waals surface area contributed by atoms with Crippen LogP contribution in [0.3, 0.4) is 0 Å². The molecule has 0 radical (unpaired) electrons. The maximum absolute atomic E-state index is 6.53. The van der Waals surface area contributed by atoms with Crippen molar-refractivity contribution >= 4 is 21.9 Å². The third kappa shape index (κ3) is 4.11. The van der Waals surface area contributed by atoms with E-state index in [0.717, 1.165) is 49.8 Å². The molecule has 0 bridgehead atoms. The van der Waals surface area contributed by atoms with Crippen molar-refractivity contribution in [1.29, 1.82) is 0 Å². The molecular formula is C42H29N3O. The lowest BCUT2D eigenvalue weighted by Gasteiger charge is -2.21. The van der Waals surface area contributed by atoms with Gasteiger partial charge in [0.2, 0.25) is 0 Å². The summed E-state index contributed by atoms with van der Waals surface area (Å²) < 4.78 is 6.53. The minimum Gasteiger partial charge on any atom is -0.456 e. The van der Waals surface area contributed by atoms with Crippen LogP contribution < -0.4 is 0 Å². The number of fused-ring (bicyclic) bond motifs is 6. The second kappa shape index (κ2) is 10.1. The van der Waals surface area contributed by atoms with Gasteiger partial charge in [0, 0.05) is 32.9 Å². The Bertz CT molecular complexity index is 2380. The number of furan rings is 1. The summed E-state index contributed by atoms with van der Waals surface area (Å²) in [6.07, 6.45) is 0. The van der Waals surface area contributed by atoms with Crippen molar-refractivity contribution in [1.82, 2.24) is 15.0 Å². The average molecular weight is 592 g/mol. The highest BCUT2D eigenvalue weighted by Gasteiger charge is 2.36. The monoisotopic (exact) mass is 591 g/mol. The zero-order valence-corrected chi connectivity index (χ0v) is 25.5. The number of hydrogen-bond donors (Lipinski definition) is 0. The van der Waals surface area contributed by atoms with Crippen LogP contribution in [0.4, 0.5) is 0 Å². The van der Waals surface area contributed by atoms with Gasteiger partial charge in [-0.2, -0.15) is 0 Å². The predicted molar refractivity (Wildman–Crippen MR) is 186 cm³/mol. The fraction of sp³-hybridized carbons (Fsp3) is 0.0714. The van der Waals surface area contributed by atoms with E-state index >= 15 is 0 Å². The summed E-state index contributed by atoms with van der Waals surface area (Å²) in [5.41, 5.74) is 12.0. The average Bonchev–Trinajstić information content (AvgIpc) is 3.59. The molecule has 0 amide bonds. The van der Waals surface area contributed by atoms with Crippen LogP contribution in [0.5, 0.6) is 0 Å². The second-order valence-corrected chi connectivity index (χ2v) is 12.5. The molecule has 46 heavy (non-hydrogen) atoms. The molecule has 0 aliphatic heterocycles. The van der Waals surface area contributed by atoms with Crippen LogP contribution in [0.15, 0.2) is 144 Å². The minimum atomic E-state index is -0.0931. The molecule has 2 heterocycles. The van der Waals surface area contributed by atoms with E-state index in [-0.39, 0.29) is 5.41 Å². The first-order chi connectivity index (χ1) is 22.5. The molecule has 0 spiro atoms. The Kier molecular flexibility index (Phi) is 5.81. The van der Waals surface area contributed by atoms with E-state index in [9.17, 15) is 0 Å². The fourth-order valence-electron chi connectivity index (χ4n) is 7.02. The van der Waals surface area contributed by atoms with Crippen molar-refractivity contribution in [2.24, 2.45) is 0 Å². The molecule has 4 heteroatoms. The molecule has 6 aromatic carbocycles. The third-order valence-corrected chi connectivity index (χ3v) is 9.33. The van der Waals surface area contributed by atoms with Crippen molar-refractivity contribution in [3.63, 3.8) is 0 Å². The van der Waals surface area contributed by atoms with Crippen molar-refractivity contribution < 1.29 is 4.42 Å². The molecule has 8 aromatic rings. The summed E-state index contributed by atoms with van der Waals surface area (Å²) in [5, 5.41) is 2.25. The van der Waals surface area contributed by atoms with Crippen LogP contribution in [-0.2, 0) is 5.41 Å². The Morgan fingerprint density at radius 3 is 1.72 bits per heavy atom. The summed E-state index contributed by atoms with van der Waals surface area (Å²) in [7, 11) is 0. The van der Waals surface area contributed by atoms with Crippen molar-refractivity contribution in [3.8, 4) is 56.4 Å². The normalized spacial score (nSPS) is 13.2. The van der Waals surface area contributed by atoms with Crippen LogP contribution in [0.2, 0.25) is 0 Å². The van der Waals surface area contributed by atoms with Gasteiger partial charge in [-0.1, -0.05) is 129 Å².